The van der Waals surface area contributed by atoms with Gasteiger partial charge in [-0.15, -0.1) is 0 Å². The van der Waals surface area contributed by atoms with Crippen LogP contribution in [-0.2, 0) is 9.53 Å². The standard InChI is InChI=1S/C12H9F5O4/c1-2-20-11(19)9(15)10(18)5-3-6(13)8(14)7(4-5)21-12(16)17/h3-4,9,12H,2H2,1H3. The number of rotatable bonds is 6. The fraction of sp³-hybridized carbons (Fsp3) is 0.333. The van der Waals surface area contributed by atoms with Gasteiger partial charge in [0.1, 0.15) is 0 Å². The van der Waals surface area contributed by atoms with E-state index in [4.69, 9.17) is 0 Å². The van der Waals surface area contributed by atoms with E-state index in [1.807, 2.05) is 0 Å². The lowest BCUT2D eigenvalue weighted by Crippen LogP contribution is -2.28. The summed E-state index contributed by atoms with van der Waals surface area (Å²) in [4.78, 5) is 22.6. The van der Waals surface area contributed by atoms with Crippen LogP contribution in [0.25, 0.3) is 0 Å². The second-order valence-corrected chi connectivity index (χ2v) is 3.63. The number of ether oxygens (including phenoxy) is 2. The van der Waals surface area contributed by atoms with Crippen molar-refractivity contribution >= 4 is 11.8 Å². The number of esters is 1. The Morgan fingerprint density at radius 3 is 2.33 bits per heavy atom. The first kappa shape index (κ1) is 16.9. The van der Waals surface area contributed by atoms with Crippen molar-refractivity contribution in [3.8, 4) is 5.75 Å². The van der Waals surface area contributed by atoms with Crippen molar-refractivity contribution in [3.63, 3.8) is 0 Å². The molecule has 116 valence electrons. The van der Waals surface area contributed by atoms with E-state index < -0.39 is 47.5 Å². The van der Waals surface area contributed by atoms with Crippen LogP contribution in [0.2, 0.25) is 0 Å². The highest BCUT2D eigenvalue weighted by molar-refractivity contribution is 6.11. The van der Waals surface area contributed by atoms with Crippen molar-refractivity contribution in [1.29, 1.82) is 0 Å². The summed E-state index contributed by atoms with van der Waals surface area (Å²) in [6, 6.07) is 0.639. The van der Waals surface area contributed by atoms with Crippen molar-refractivity contribution in [2.24, 2.45) is 0 Å². The van der Waals surface area contributed by atoms with Gasteiger partial charge >= 0.3 is 12.6 Å². The lowest BCUT2D eigenvalue weighted by Gasteiger charge is -2.10. The predicted octanol–water partition coefficient (Wildman–Crippen LogP) is 2.65. The van der Waals surface area contributed by atoms with Crippen LogP contribution in [0.3, 0.4) is 0 Å². The minimum absolute atomic E-state index is 0.204. The fourth-order valence-corrected chi connectivity index (χ4v) is 1.36. The number of hydrogen-bond acceptors (Lipinski definition) is 4. The highest BCUT2D eigenvalue weighted by atomic mass is 19.3. The van der Waals surface area contributed by atoms with Gasteiger partial charge in [-0.2, -0.15) is 13.2 Å². The van der Waals surface area contributed by atoms with Gasteiger partial charge in [-0.1, -0.05) is 0 Å². The van der Waals surface area contributed by atoms with Gasteiger partial charge in [0, 0.05) is 5.56 Å². The lowest BCUT2D eigenvalue weighted by atomic mass is 10.1. The van der Waals surface area contributed by atoms with Crippen LogP contribution >= 0.6 is 0 Å². The minimum Gasteiger partial charge on any atom is -0.463 e. The summed E-state index contributed by atoms with van der Waals surface area (Å²) >= 11 is 0. The molecule has 1 atom stereocenters. The molecule has 0 saturated heterocycles. The molecule has 0 bridgehead atoms. The topological polar surface area (TPSA) is 52.6 Å². The Labute approximate surface area is 115 Å². The molecule has 0 N–H and O–H groups in total. The van der Waals surface area contributed by atoms with Crippen LogP contribution in [0, 0.1) is 11.6 Å². The van der Waals surface area contributed by atoms with E-state index in [-0.39, 0.29) is 12.7 Å². The Morgan fingerprint density at radius 1 is 1.19 bits per heavy atom. The van der Waals surface area contributed by atoms with Gasteiger partial charge in [0.25, 0.3) is 6.17 Å². The Hall–Kier alpha value is -2.19. The maximum atomic E-state index is 13.5. The summed E-state index contributed by atoms with van der Waals surface area (Å²) in [5.41, 5.74) is -0.842. The number of benzene rings is 1. The summed E-state index contributed by atoms with van der Waals surface area (Å²) < 4.78 is 71.7. The van der Waals surface area contributed by atoms with Crippen molar-refractivity contribution in [2.75, 3.05) is 6.61 Å². The molecule has 4 nitrogen and oxygen atoms in total. The largest absolute Gasteiger partial charge is 0.463 e. The Kier molecular flexibility index (Phi) is 5.62. The molecule has 1 aromatic carbocycles. The van der Waals surface area contributed by atoms with Crippen LogP contribution in [0.15, 0.2) is 12.1 Å². The fourth-order valence-electron chi connectivity index (χ4n) is 1.36. The number of carbonyl (C=O) groups is 2. The molecule has 0 heterocycles. The molecule has 0 amide bonds. The molecule has 0 aliphatic heterocycles. The van der Waals surface area contributed by atoms with E-state index in [0.717, 1.165) is 0 Å². The normalized spacial score (nSPS) is 12.1. The average molecular weight is 312 g/mol. The zero-order valence-electron chi connectivity index (χ0n) is 10.5. The molecule has 1 rings (SSSR count). The van der Waals surface area contributed by atoms with Crippen LogP contribution in [-0.4, -0.2) is 31.1 Å². The first-order chi connectivity index (χ1) is 9.77. The Bertz CT molecular complexity index is 547. The van der Waals surface area contributed by atoms with Gasteiger partial charge < -0.3 is 9.47 Å². The molecule has 0 saturated carbocycles. The monoisotopic (exact) mass is 312 g/mol. The van der Waals surface area contributed by atoms with E-state index in [2.05, 4.69) is 9.47 Å². The smallest absolute Gasteiger partial charge is 0.387 e. The van der Waals surface area contributed by atoms with Crippen LogP contribution in [0.1, 0.15) is 17.3 Å². The maximum Gasteiger partial charge on any atom is 0.387 e. The number of carbonyl (C=O) groups excluding carboxylic acids is 2. The number of Topliss-reactive ketones (excluding diaryl/α,β-unsaturated/α-hetero) is 1. The maximum absolute atomic E-state index is 13.5. The SMILES string of the molecule is CCOC(=O)C(F)C(=O)c1cc(F)c(F)c(OC(F)F)c1. The second-order valence-electron chi connectivity index (χ2n) is 3.63. The summed E-state index contributed by atoms with van der Waals surface area (Å²) in [6.07, 6.45) is -2.78. The molecular weight excluding hydrogens is 303 g/mol. The number of hydrogen-bond donors (Lipinski definition) is 0. The molecular formula is C12H9F5O4. The Balaban J connectivity index is 3.10. The first-order valence-corrected chi connectivity index (χ1v) is 5.56. The quantitative estimate of drug-likeness (QED) is 0.351. The average Bonchev–Trinajstić information content (AvgIpc) is 2.41. The zero-order chi connectivity index (χ0) is 16.2. The number of halogens is 5. The van der Waals surface area contributed by atoms with Crippen LogP contribution in [0.5, 0.6) is 5.75 Å². The van der Waals surface area contributed by atoms with Crippen LogP contribution in [0.4, 0.5) is 22.0 Å². The van der Waals surface area contributed by atoms with Crippen molar-refractivity contribution in [2.45, 2.75) is 19.7 Å². The van der Waals surface area contributed by atoms with Gasteiger partial charge in [-0.25, -0.2) is 13.6 Å². The predicted molar refractivity (Wildman–Crippen MR) is 58.8 cm³/mol. The number of alkyl halides is 3. The molecule has 1 aromatic rings. The second kappa shape index (κ2) is 7.00. The van der Waals surface area contributed by atoms with E-state index in [1.165, 1.54) is 6.92 Å². The molecule has 0 radical (unpaired) electrons. The van der Waals surface area contributed by atoms with Gasteiger partial charge in [0.2, 0.25) is 11.6 Å². The molecule has 21 heavy (non-hydrogen) atoms. The lowest BCUT2D eigenvalue weighted by molar-refractivity contribution is -0.147. The van der Waals surface area contributed by atoms with E-state index in [1.54, 1.807) is 0 Å². The van der Waals surface area contributed by atoms with Gasteiger partial charge in [0.05, 0.1) is 6.61 Å². The third kappa shape index (κ3) is 4.14. The van der Waals surface area contributed by atoms with E-state index in [9.17, 15) is 31.5 Å². The van der Waals surface area contributed by atoms with E-state index in [0.29, 0.717) is 6.07 Å². The summed E-state index contributed by atoms with van der Waals surface area (Å²) in [5.74, 6) is -7.83. The third-order valence-electron chi connectivity index (χ3n) is 2.22. The molecule has 0 spiro atoms. The van der Waals surface area contributed by atoms with Crippen molar-refractivity contribution < 1.29 is 41.0 Å². The summed E-state index contributed by atoms with van der Waals surface area (Å²) in [7, 11) is 0. The molecule has 0 aliphatic carbocycles. The van der Waals surface area contributed by atoms with E-state index >= 15 is 0 Å². The van der Waals surface area contributed by atoms with Crippen molar-refractivity contribution in [3.05, 3.63) is 29.3 Å². The molecule has 1 unspecified atom stereocenters. The molecule has 9 heteroatoms. The zero-order valence-corrected chi connectivity index (χ0v) is 10.5. The molecule has 0 aliphatic rings. The summed E-state index contributed by atoms with van der Waals surface area (Å²) in [5, 5.41) is 0. The third-order valence-corrected chi connectivity index (χ3v) is 2.22. The van der Waals surface area contributed by atoms with Gasteiger partial charge in [-0.3, -0.25) is 4.79 Å². The van der Waals surface area contributed by atoms with Crippen molar-refractivity contribution in [1.82, 2.24) is 0 Å². The number of ketones is 1. The minimum atomic E-state index is -3.48. The van der Waals surface area contributed by atoms with Gasteiger partial charge in [0.15, 0.2) is 11.6 Å². The highest BCUT2D eigenvalue weighted by Gasteiger charge is 2.30. The summed E-state index contributed by atoms with van der Waals surface area (Å²) in [6.45, 7) is -2.32. The van der Waals surface area contributed by atoms with Crippen LogP contribution < -0.4 is 4.74 Å². The molecule has 0 fully saturated rings. The first-order valence-electron chi connectivity index (χ1n) is 5.56. The molecule has 0 aromatic heterocycles. The highest BCUT2D eigenvalue weighted by Crippen LogP contribution is 2.25. The van der Waals surface area contributed by atoms with Gasteiger partial charge in [-0.05, 0) is 19.1 Å². The Morgan fingerprint density at radius 2 is 1.81 bits per heavy atom.